The number of benzene rings is 1. The molecule has 0 radical (unpaired) electrons. The Kier molecular flexibility index (Phi) is 4.35. The summed E-state index contributed by atoms with van der Waals surface area (Å²) in [6.45, 7) is 0. The number of nitrogens with zero attached hydrogens (tertiary/aromatic N) is 4. The summed E-state index contributed by atoms with van der Waals surface area (Å²) in [5, 5.41) is 3.16. The Labute approximate surface area is 168 Å². The SMILES string of the molecule is COc1ccc(Nc2ncc3c(n2)N(c2ccccc2)C(=O)C(C2CC2)C3)cn1. The van der Waals surface area contributed by atoms with E-state index in [9.17, 15) is 4.79 Å². The maximum absolute atomic E-state index is 13.3. The van der Waals surface area contributed by atoms with E-state index in [2.05, 4.69) is 15.3 Å². The second-order valence-corrected chi connectivity index (χ2v) is 7.41. The Morgan fingerprint density at radius 2 is 1.90 bits per heavy atom. The first-order valence-electron chi connectivity index (χ1n) is 9.75. The van der Waals surface area contributed by atoms with Crippen molar-refractivity contribution in [3.05, 3.63) is 60.4 Å². The summed E-state index contributed by atoms with van der Waals surface area (Å²) in [6.07, 6.45) is 6.44. The van der Waals surface area contributed by atoms with E-state index in [1.54, 1.807) is 24.3 Å². The van der Waals surface area contributed by atoms with Gasteiger partial charge < -0.3 is 10.1 Å². The highest BCUT2D eigenvalue weighted by Crippen LogP contribution is 2.45. The van der Waals surface area contributed by atoms with Crippen LogP contribution in [0, 0.1) is 11.8 Å². The molecule has 1 atom stereocenters. The molecule has 2 aliphatic rings. The van der Waals surface area contributed by atoms with E-state index in [0.29, 0.717) is 30.0 Å². The third-order valence-corrected chi connectivity index (χ3v) is 5.44. The topological polar surface area (TPSA) is 80.2 Å². The first-order chi connectivity index (χ1) is 14.2. The number of aromatic nitrogens is 3. The van der Waals surface area contributed by atoms with Crippen LogP contribution in [0.3, 0.4) is 0 Å². The van der Waals surface area contributed by atoms with Gasteiger partial charge in [-0.05, 0) is 43.4 Å². The lowest BCUT2D eigenvalue weighted by atomic mass is 9.90. The molecule has 1 aliphatic carbocycles. The van der Waals surface area contributed by atoms with E-state index in [1.807, 2.05) is 42.6 Å². The Morgan fingerprint density at radius 3 is 2.59 bits per heavy atom. The van der Waals surface area contributed by atoms with Gasteiger partial charge in [0.25, 0.3) is 0 Å². The van der Waals surface area contributed by atoms with Crippen LogP contribution in [-0.4, -0.2) is 28.0 Å². The maximum Gasteiger partial charge on any atom is 0.236 e. The number of carbonyl (C=O) groups is 1. The second kappa shape index (κ2) is 7.16. The molecule has 7 heteroatoms. The van der Waals surface area contributed by atoms with Crippen molar-refractivity contribution in [2.45, 2.75) is 19.3 Å². The van der Waals surface area contributed by atoms with Crippen molar-refractivity contribution in [3.63, 3.8) is 0 Å². The van der Waals surface area contributed by atoms with Crippen molar-refractivity contribution in [3.8, 4) is 5.88 Å². The third-order valence-electron chi connectivity index (χ3n) is 5.44. The Bertz CT molecular complexity index is 1030. The molecule has 1 amide bonds. The number of pyridine rings is 1. The lowest BCUT2D eigenvalue weighted by molar-refractivity contribution is -0.122. The van der Waals surface area contributed by atoms with Gasteiger partial charge in [-0.15, -0.1) is 0 Å². The van der Waals surface area contributed by atoms with Gasteiger partial charge in [0.05, 0.1) is 24.7 Å². The number of rotatable bonds is 5. The van der Waals surface area contributed by atoms with Crippen LogP contribution in [0.25, 0.3) is 0 Å². The van der Waals surface area contributed by atoms with Crippen LogP contribution < -0.4 is 15.0 Å². The predicted molar refractivity (Wildman–Crippen MR) is 110 cm³/mol. The van der Waals surface area contributed by atoms with Crippen molar-refractivity contribution >= 4 is 29.0 Å². The summed E-state index contributed by atoms with van der Waals surface area (Å²) in [4.78, 5) is 28.4. The molecule has 0 bridgehead atoms. The van der Waals surface area contributed by atoms with Crippen LogP contribution in [0.2, 0.25) is 0 Å². The average molecular weight is 387 g/mol. The summed E-state index contributed by atoms with van der Waals surface area (Å²) in [5.74, 6) is 2.23. The van der Waals surface area contributed by atoms with E-state index < -0.39 is 0 Å². The molecule has 2 aromatic heterocycles. The van der Waals surface area contributed by atoms with Gasteiger partial charge in [0.2, 0.25) is 17.7 Å². The average Bonchev–Trinajstić information content (AvgIpc) is 3.60. The quantitative estimate of drug-likeness (QED) is 0.716. The van der Waals surface area contributed by atoms with Gasteiger partial charge in [0, 0.05) is 23.7 Å². The molecule has 1 aromatic carbocycles. The number of hydrogen-bond acceptors (Lipinski definition) is 6. The molecule has 0 spiro atoms. The number of carbonyl (C=O) groups excluding carboxylic acids is 1. The monoisotopic (exact) mass is 387 g/mol. The van der Waals surface area contributed by atoms with Crippen molar-refractivity contribution in [2.24, 2.45) is 11.8 Å². The Hall–Kier alpha value is -3.48. The lowest BCUT2D eigenvalue weighted by Gasteiger charge is -2.33. The minimum atomic E-state index is 0.0101. The van der Waals surface area contributed by atoms with Crippen LogP contribution in [0.5, 0.6) is 5.88 Å². The van der Waals surface area contributed by atoms with Crippen molar-refractivity contribution in [2.75, 3.05) is 17.3 Å². The normalized spacial score (nSPS) is 18.3. The third kappa shape index (κ3) is 3.40. The van der Waals surface area contributed by atoms with E-state index in [0.717, 1.165) is 29.8 Å². The molecular formula is C22H21N5O2. The number of para-hydroxylation sites is 1. The minimum absolute atomic E-state index is 0.0101. The number of methoxy groups -OCH3 is 1. The largest absolute Gasteiger partial charge is 0.481 e. The molecule has 1 N–H and O–H groups in total. The van der Waals surface area contributed by atoms with Gasteiger partial charge >= 0.3 is 0 Å². The molecule has 7 nitrogen and oxygen atoms in total. The number of nitrogens with one attached hydrogen (secondary N) is 1. The lowest BCUT2D eigenvalue weighted by Crippen LogP contribution is -2.40. The Balaban J connectivity index is 1.51. The molecule has 1 unspecified atom stereocenters. The highest BCUT2D eigenvalue weighted by atomic mass is 16.5. The van der Waals surface area contributed by atoms with Crippen LogP contribution in [0.1, 0.15) is 18.4 Å². The van der Waals surface area contributed by atoms with Crippen molar-refractivity contribution in [1.82, 2.24) is 15.0 Å². The first kappa shape index (κ1) is 17.6. The molecule has 146 valence electrons. The van der Waals surface area contributed by atoms with Gasteiger partial charge in [0.1, 0.15) is 5.82 Å². The van der Waals surface area contributed by atoms with Crippen LogP contribution in [-0.2, 0) is 11.2 Å². The summed E-state index contributed by atoms with van der Waals surface area (Å²) < 4.78 is 5.09. The summed E-state index contributed by atoms with van der Waals surface area (Å²) in [6, 6.07) is 13.3. The van der Waals surface area contributed by atoms with Crippen LogP contribution in [0.4, 0.5) is 23.1 Å². The van der Waals surface area contributed by atoms with Gasteiger partial charge in [-0.2, -0.15) is 4.98 Å². The van der Waals surface area contributed by atoms with Crippen molar-refractivity contribution < 1.29 is 9.53 Å². The van der Waals surface area contributed by atoms with Gasteiger partial charge in [-0.1, -0.05) is 18.2 Å². The number of hydrogen-bond donors (Lipinski definition) is 1. The maximum atomic E-state index is 13.3. The van der Waals surface area contributed by atoms with Gasteiger partial charge in [-0.3, -0.25) is 9.69 Å². The molecule has 1 fully saturated rings. The summed E-state index contributed by atoms with van der Waals surface area (Å²) >= 11 is 0. The molecular weight excluding hydrogens is 366 g/mol. The second-order valence-electron chi connectivity index (χ2n) is 7.41. The zero-order valence-corrected chi connectivity index (χ0v) is 16.1. The predicted octanol–water partition coefficient (Wildman–Crippen LogP) is 3.87. The van der Waals surface area contributed by atoms with E-state index in [-0.39, 0.29) is 11.8 Å². The standard InChI is InChI=1S/C22H21N5O2/c1-29-19-10-9-16(13-23-19)25-22-24-12-15-11-18(14-7-8-14)21(28)27(20(15)26-22)17-5-3-2-4-6-17/h2-6,9-10,12-14,18H,7-8,11H2,1H3,(H,24,25,26). The fraction of sp³-hybridized carbons (Fsp3) is 0.273. The minimum Gasteiger partial charge on any atom is -0.481 e. The summed E-state index contributed by atoms with van der Waals surface area (Å²) in [5.41, 5.74) is 2.58. The van der Waals surface area contributed by atoms with Gasteiger partial charge in [-0.25, -0.2) is 9.97 Å². The fourth-order valence-corrected chi connectivity index (χ4v) is 3.79. The zero-order valence-electron chi connectivity index (χ0n) is 16.1. The highest BCUT2D eigenvalue weighted by molar-refractivity contribution is 6.03. The number of anilines is 4. The van der Waals surface area contributed by atoms with E-state index >= 15 is 0 Å². The Morgan fingerprint density at radius 1 is 1.07 bits per heavy atom. The first-order valence-corrected chi connectivity index (χ1v) is 9.75. The fourth-order valence-electron chi connectivity index (χ4n) is 3.79. The zero-order chi connectivity index (χ0) is 19.8. The molecule has 29 heavy (non-hydrogen) atoms. The van der Waals surface area contributed by atoms with E-state index in [1.165, 1.54) is 0 Å². The summed E-state index contributed by atoms with van der Waals surface area (Å²) in [7, 11) is 1.58. The molecule has 0 saturated heterocycles. The van der Waals surface area contributed by atoms with Crippen LogP contribution >= 0.6 is 0 Å². The molecule has 3 aromatic rings. The van der Waals surface area contributed by atoms with Crippen LogP contribution in [0.15, 0.2) is 54.9 Å². The molecule has 5 rings (SSSR count). The van der Waals surface area contributed by atoms with E-state index in [4.69, 9.17) is 9.72 Å². The number of ether oxygens (including phenoxy) is 1. The molecule has 1 aliphatic heterocycles. The van der Waals surface area contributed by atoms with Gasteiger partial charge in [0.15, 0.2) is 0 Å². The molecule has 3 heterocycles. The smallest absolute Gasteiger partial charge is 0.236 e. The highest BCUT2D eigenvalue weighted by Gasteiger charge is 2.43. The number of amides is 1. The number of fused-ring (bicyclic) bond motifs is 1. The molecule has 1 saturated carbocycles. The van der Waals surface area contributed by atoms with Crippen molar-refractivity contribution in [1.29, 1.82) is 0 Å².